The number of hydrogen-bond acceptors (Lipinski definition) is 3. The van der Waals surface area contributed by atoms with Gasteiger partial charge in [0, 0.05) is 6.42 Å². The molecule has 0 unspecified atom stereocenters. The van der Waals surface area contributed by atoms with Crippen LogP contribution in [0.2, 0.25) is 0 Å². The molecule has 2 rings (SSSR count). The summed E-state index contributed by atoms with van der Waals surface area (Å²) in [6, 6.07) is 4.25. The average Bonchev–Trinajstić information content (AvgIpc) is 2.58. The number of carbonyl (C=O) groups is 2. The molecule has 1 aliphatic rings. The number of rotatable bonds is 5. The lowest BCUT2D eigenvalue weighted by atomic mass is 9.87. The quantitative estimate of drug-likeness (QED) is 0.795. The molecular weight excluding hydrogens is 337 g/mol. The second kappa shape index (κ2) is 8.73. The minimum Gasteiger partial charge on any atom is -0.484 e. The van der Waals surface area contributed by atoms with Crippen molar-refractivity contribution in [2.45, 2.75) is 44.7 Å². The van der Waals surface area contributed by atoms with Crippen molar-refractivity contribution in [3.05, 3.63) is 29.8 Å². The number of halogens is 3. The van der Waals surface area contributed by atoms with E-state index >= 15 is 0 Å². The van der Waals surface area contributed by atoms with Crippen LogP contribution in [-0.4, -0.2) is 18.4 Å². The van der Waals surface area contributed by atoms with Crippen molar-refractivity contribution in [3.8, 4) is 5.75 Å². The molecule has 0 aromatic heterocycles. The highest BCUT2D eigenvalue weighted by atomic mass is 19.4. The molecule has 0 atom stereocenters. The van der Waals surface area contributed by atoms with E-state index in [1.807, 2.05) is 0 Å². The van der Waals surface area contributed by atoms with Gasteiger partial charge in [-0.3, -0.25) is 20.4 Å². The summed E-state index contributed by atoms with van der Waals surface area (Å²) in [4.78, 5) is 23.4. The van der Waals surface area contributed by atoms with Gasteiger partial charge in [-0.2, -0.15) is 13.2 Å². The summed E-state index contributed by atoms with van der Waals surface area (Å²) < 4.78 is 42.8. The standard InChI is InChI=1S/C17H21F3N2O3/c18-17(19,20)13-7-4-8-14(10-13)25-11-16(24)22-21-15(23)9-12-5-2-1-3-6-12/h4,7-8,10,12H,1-3,5-6,9,11H2,(H,21,23)(H,22,24). The van der Waals surface area contributed by atoms with Crippen LogP contribution in [0.25, 0.3) is 0 Å². The maximum absolute atomic E-state index is 12.6. The fraction of sp³-hybridized carbons (Fsp3) is 0.529. The number of carbonyl (C=O) groups excluding carboxylic acids is 2. The summed E-state index contributed by atoms with van der Waals surface area (Å²) in [6.45, 7) is -0.495. The lowest BCUT2D eigenvalue weighted by Gasteiger charge is -2.20. The van der Waals surface area contributed by atoms with E-state index in [2.05, 4.69) is 10.9 Å². The Morgan fingerprint density at radius 1 is 1.08 bits per heavy atom. The third-order valence-electron chi connectivity index (χ3n) is 4.07. The Hall–Kier alpha value is -2.25. The Bertz CT molecular complexity index is 599. The number of hydrogen-bond donors (Lipinski definition) is 2. The van der Waals surface area contributed by atoms with Crippen molar-refractivity contribution in [2.75, 3.05) is 6.61 Å². The first-order valence-corrected chi connectivity index (χ1v) is 8.22. The lowest BCUT2D eigenvalue weighted by Crippen LogP contribution is -2.44. The van der Waals surface area contributed by atoms with Gasteiger partial charge in [0.1, 0.15) is 5.75 Å². The van der Waals surface area contributed by atoms with Gasteiger partial charge >= 0.3 is 6.18 Å². The van der Waals surface area contributed by atoms with E-state index in [1.54, 1.807) is 0 Å². The normalized spacial score (nSPS) is 15.5. The molecular formula is C17H21F3N2O3. The van der Waals surface area contributed by atoms with Gasteiger partial charge in [0.25, 0.3) is 5.91 Å². The highest BCUT2D eigenvalue weighted by molar-refractivity contribution is 5.82. The maximum Gasteiger partial charge on any atom is 0.416 e. The van der Waals surface area contributed by atoms with E-state index in [0.717, 1.165) is 37.8 Å². The van der Waals surface area contributed by atoms with E-state index in [4.69, 9.17) is 4.74 Å². The largest absolute Gasteiger partial charge is 0.484 e. The zero-order valence-electron chi connectivity index (χ0n) is 13.7. The SMILES string of the molecule is O=C(COc1cccc(C(F)(F)F)c1)NNC(=O)CC1CCCCC1. The number of ether oxygens (including phenoxy) is 1. The van der Waals surface area contributed by atoms with Crippen LogP contribution in [0.15, 0.2) is 24.3 Å². The highest BCUT2D eigenvalue weighted by Gasteiger charge is 2.30. The summed E-state index contributed by atoms with van der Waals surface area (Å²) in [6.07, 6.45) is 1.34. The second-order valence-corrected chi connectivity index (χ2v) is 6.12. The van der Waals surface area contributed by atoms with E-state index < -0.39 is 24.3 Å². The van der Waals surface area contributed by atoms with Crippen LogP contribution in [0, 0.1) is 5.92 Å². The van der Waals surface area contributed by atoms with E-state index in [-0.39, 0.29) is 11.7 Å². The van der Waals surface area contributed by atoms with Gasteiger partial charge < -0.3 is 4.74 Å². The molecule has 0 spiro atoms. The number of nitrogens with one attached hydrogen (secondary N) is 2. The highest BCUT2D eigenvalue weighted by Crippen LogP contribution is 2.31. The Morgan fingerprint density at radius 2 is 1.76 bits per heavy atom. The van der Waals surface area contributed by atoms with Crippen molar-refractivity contribution < 1.29 is 27.5 Å². The summed E-state index contributed by atoms with van der Waals surface area (Å²) in [5.74, 6) is -0.653. The van der Waals surface area contributed by atoms with Crippen LogP contribution in [0.5, 0.6) is 5.75 Å². The summed E-state index contributed by atoms with van der Waals surface area (Å²) >= 11 is 0. The Morgan fingerprint density at radius 3 is 2.44 bits per heavy atom. The molecule has 1 aromatic carbocycles. The van der Waals surface area contributed by atoms with Gasteiger partial charge in [0.15, 0.2) is 6.61 Å². The molecule has 0 radical (unpaired) electrons. The average molecular weight is 358 g/mol. The zero-order valence-corrected chi connectivity index (χ0v) is 13.7. The molecule has 1 aliphatic carbocycles. The molecule has 0 saturated heterocycles. The molecule has 138 valence electrons. The first kappa shape index (κ1) is 19.1. The predicted octanol–water partition coefficient (Wildman–Crippen LogP) is 3.20. The fourth-order valence-corrected chi connectivity index (χ4v) is 2.79. The minimum absolute atomic E-state index is 0.0708. The van der Waals surface area contributed by atoms with Gasteiger partial charge in [-0.05, 0) is 37.0 Å². The molecule has 1 fully saturated rings. The molecule has 8 heteroatoms. The summed E-state index contributed by atoms with van der Waals surface area (Å²) in [7, 11) is 0. The Labute approximate surface area is 143 Å². The van der Waals surface area contributed by atoms with Crippen LogP contribution in [0.4, 0.5) is 13.2 Å². The van der Waals surface area contributed by atoms with E-state index in [0.29, 0.717) is 12.3 Å². The predicted molar refractivity (Wildman–Crippen MR) is 84.4 cm³/mol. The van der Waals surface area contributed by atoms with Crippen molar-refractivity contribution >= 4 is 11.8 Å². The molecule has 0 heterocycles. The molecule has 0 aliphatic heterocycles. The van der Waals surface area contributed by atoms with Crippen molar-refractivity contribution in [1.82, 2.24) is 10.9 Å². The van der Waals surface area contributed by atoms with Crippen LogP contribution < -0.4 is 15.6 Å². The van der Waals surface area contributed by atoms with Gasteiger partial charge in [-0.25, -0.2) is 0 Å². The maximum atomic E-state index is 12.6. The zero-order chi connectivity index (χ0) is 18.3. The number of amides is 2. The number of alkyl halides is 3. The third-order valence-corrected chi connectivity index (χ3v) is 4.07. The van der Waals surface area contributed by atoms with Crippen molar-refractivity contribution in [3.63, 3.8) is 0 Å². The van der Waals surface area contributed by atoms with Crippen LogP contribution in [0.3, 0.4) is 0 Å². The molecule has 0 bridgehead atoms. The Kier molecular flexibility index (Phi) is 6.66. The molecule has 25 heavy (non-hydrogen) atoms. The van der Waals surface area contributed by atoms with Crippen LogP contribution >= 0.6 is 0 Å². The molecule has 2 amide bonds. The monoisotopic (exact) mass is 358 g/mol. The van der Waals surface area contributed by atoms with Crippen LogP contribution in [0.1, 0.15) is 44.1 Å². The third kappa shape index (κ3) is 6.64. The number of hydrazine groups is 1. The first-order valence-electron chi connectivity index (χ1n) is 8.22. The van der Waals surface area contributed by atoms with Gasteiger partial charge in [0.05, 0.1) is 5.56 Å². The summed E-state index contributed by atoms with van der Waals surface area (Å²) in [5, 5.41) is 0. The van der Waals surface area contributed by atoms with Crippen LogP contribution in [-0.2, 0) is 15.8 Å². The van der Waals surface area contributed by atoms with Gasteiger partial charge in [-0.15, -0.1) is 0 Å². The molecule has 2 N–H and O–H groups in total. The Balaban J connectivity index is 1.71. The fourth-order valence-electron chi connectivity index (χ4n) is 2.79. The van der Waals surface area contributed by atoms with Gasteiger partial charge in [-0.1, -0.05) is 25.3 Å². The molecule has 5 nitrogen and oxygen atoms in total. The summed E-state index contributed by atoms with van der Waals surface area (Å²) in [5.41, 5.74) is 3.65. The van der Waals surface area contributed by atoms with Crippen molar-refractivity contribution in [1.29, 1.82) is 0 Å². The van der Waals surface area contributed by atoms with Gasteiger partial charge in [0.2, 0.25) is 5.91 Å². The smallest absolute Gasteiger partial charge is 0.416 e. The van der Waals surface area contributed by atoms with E-state index in [9.17, 15) is 22.8 Å². The first-order chi connectivity index (χ1) is 11.8. The minimum atomic E-state index is -4.48. The van der Waals surface area contributed by atoms with E-state index in [1.165, 1.54) is 18.6 Å². The second-order valence-electron chi connectivity index (χ2n) is 6.12. The topological polar surface area (TPSA) is 67.4 Å². The molecule has 1 saturated carbocycles. The molecule has 1 aromatic rings. The lowest BCUT2D eigenvalue weighted by molar-refractivity contribution is -0.137. The number of benzene rings is 1. The van der Waals surface area contributed by atoms with Crippen molar-refractivity contribution in [2.24, 2.45) is 5.92 Å².